The molecular formula is C20H17FN2O2. The number of benzene rings is 3. The van der Waals surface area contributed by atoms with Crippen molar-refractivity contribution in [2.24, 2.45) is 0 Å². The number of carbonyl (C=O) groups excluding carboxylic acids is 1. The first kappa shape index (κ1) is 16.5. The van der Waals surface area contributed by atoms with Crippen LogP contribution in [-0.4, -0.2) is 13.0 Å². The molecule has 0 atom stereocenters. The van der Waals surface area contributed by atoms with Crippen LogP contribution in [-0.2, 0) is 0 Å². The Morgan fingerprint density at radius 3 is 2.32 bits per heavy atom. The zero-order valence-corrected chi connectivity index (χ0v) is 13.6. The van der Waals surface area contributed by atoms with Crippen LogP contribution in [0.15, 0.2) is 72.8 Å². The van der Waals surface area contributed by atoms with Crippen LogP contribution in [0.25, 0.3) is 0 Å². The molecule has 4 nitrogen and oxygen atoms in total. The zero-order valence-electron chi connectivity index (χ0n) is 13.6. The highest BCUT2D eigenvalue weighted by Gasteiger charge is 2.11. The van der Waals surface area contributed by atoms with Gasteiger partial charge in [-0.05, 0) is 54.6 Å². The summed E-state index contributed by atoms with van der Waals surface area (Å²) >= 11 is 0. The number of carbonyl (C=O) groups is 1. The Morgan fingerprint density at radius 2 is 1.64 bits per heavy atom. The van der Waals surface area contributed by atoms with Gasteiger partial charge in [0, 0.05) is 16.9 Å². The van der Waals surface area contributed by atoms with Crippen LogP contribution in [0.5, 0.6) is 5.75 Å². The van der Waals surface area contributed by atoms with Crippen molar-refractivity contribution < 1.29 is 13.9 Å². The van der Waals surface area contributed by atoms with Crippen LogP contribution in [0.2, 0.25) is 0 Å². The van der Waals surface area contributed by atoms with Gasteiger partial charge in [-0.2, -0.15) is 0 Å². The summed E-state index contributed by atoms with van der Waals surface area (Å²) in [5, 5.41) is 5.98. The fourth-order valence-electron chi connectivity index (χ4n) is 2.36. The Kier molecular flexibility index (Phi) is 4.95. The molecule has 0 heterocycles. The summed E-state index contributed by atoms with van der Waals surface area (Å²) in [7, 11) is 1.57. The summed E-state index contributed by atoms with van der Waals surface area (Å²) in [6, 6.07) is 20.3. The third kappa shape index (κ3) is 4.14. The predicted octanol–water partition coefficient (Wildman–Crippen LogP) is 4.83. The number of amides is 1. The summed E-state index contributed by atoms with van der Waals surface area (Å²) in [6.45, 7) is 0. The van der Waals surface area contributed by atoms with Crippen molar-refractivity contribution in [1.29, 1.82) is 0 Å². The van der Waals surface area contributed by atoms with E-state index in [-0.39, 0.29) is 11.7 Å². The average Bonchev–Trinajstić information content (AvgIpc) is 2.64. The molecule has 0 aliphatic heterocycles. The average molecular weight is 336 g/mol. The monoisotopic (exact) mass is 336 g/mol. The fraction of sp³-hybridized carbons (Fsp3) is 0.0500. The first-order chi connectivity index (χ1) is 12.2. The van der Waals surface area contributed by atoms with Gasteiger partial charge in [-0.25, -0.2) is 4.39 Å². The number of halogens is 1. The van der Waals surface area contributed by atoms with E-state index in [4.69, 9.17) is 4.74 Å². The van der Waals surface area contributed by atoms with Gasteiger partial charge in [0.05, 0.1) is 12.8 Å². The molecule has 0 aliphatic carbocycles. The predicted molar refractivity (Wildman–Crippen MR) is 97.1 cm³/mol. The molecule has 0 aliphatic rings. The van der Waals surface area contributed by atoms with E-state index in [2.05, 4.69) is 10.6 Å². The van der Waals surface area contributed by atoms with Crippen molar-refractivity contribution in [2.75, 3.05) is 17.7 Å². The van der Waals surface area contributed by atoms with Gasteiger partial charge in [0.25, 0.3) is 5.91 Å². The minimum Gasteiger partial charge on any atom is -0.495 e. The molecule has 1 amide bonds. The number of para-hydroxylation sites is 1. The maximum absolute atomic E-state index is 13.0. The Hall–Kier alpha value is -3.34. The maximum atomic E-state index is 13.0. The van der Waals surface area contributed by atoms with Gasteiger partial charge in [0.15, 0.2) is 0 Å². The standard InChI is InChI=1S/C20H17FN2O2/c1-25-19-12-7-14(13-18(19)22-16-5-3-2-4-6-16)20(24)23-17-10-8-15(21)9-11-17/h2-13,22H,1H3,(H,23,24). The van der Waals surface area contributed by atoms with E-state index >= 15 is 0 Å². The van der Waals surface area contributed by atoms with Crippen LogP contribution in [0.4, 0.5) is 21.5 Å². The fourth-order valence-corrected chi connectivity index (χ4v) is 2.36. The van der Waals surface area contributed by atoms with Gasteiger partial charge in [0.1, 0.15) is 11.6 Å². The second-order valence-corrected chi connectivity index (χ2v) is 5.37. The second kappa shape index (κ2) is 7.49. The molecule has 0 saturated heterocycles. The lowest BCUT2D eigenvalue weighted by atomic mass is 10.1. The summed E-state index contributed by atoms with van der Waals surface area (Å²) in [5.41, 5.74) is 2.56. The lowest BCUT2D eigenvalue weighted by Gasteiger charge is -2.13. The van der Waals surface area contributed by atoms with Crippen molar-refractivity contribution in [3.63, 3.8) is 0 Å². The molecule has 25 heavy (non-hydrogen) atoms. The van der Waals surface area contributed by atoms with Gasteiger partial charge in [-0.15, -0.1) is 0 Å². The van der Waals surface area contributed by atoms with Crippen molar-refractivity contribution in [3.05, 3.63) is 84.2 Å². The minimum atomic E-state index is -0.350. The summed E-state index contributed by atoms with van der Waals surface area (Å²) in [5.74, 6) is -0.00986. The molecule has 0 unspecified atom stereocenters. The molecule has 0 aromatic heterocycles. The number of hydrogen-bond acceptors (Lipinski definition) is 3. The topological polar surface area (TPSA) is 50.4 Å². The highest BCUT2D eigenvalue weighted by atomic mass is 19.1. The second-order valence-electron chi connectivity index (χ2n) is 5.37. The molecule has 3 rings (SSSR count). The number of nitrogens with one attached hydrogen (secondary N) is 2. The van der Waals surface area contributed by atoms with Crippen LogP contribution in [0.3, 0.4) is 0 Å². The smallest absolute Gasteiger partial charge is 0.255 e. The molecule has 5 heteroatoms. The van der Waals surface area contributed by atoms with Gasteiger partial charge < -0.3 is 15.4 Å². The molecule has 3 aromatic carbocycles. The van der Waals surface area contributed by atoms with Crippen molar-refractivity contribution in [3.8, 4) is 5.75 Å². The van der Waals surface area contributed by atoms with Crippen molar-refractivity contribution in [1.82, 2.24) is 0 Å². The molecular weight excluding hydrogens is 319 g/mol. The Bertz CT molecular complexity index is 865. The quantitative estimate of drug-likeness (QED) is 0.701. The van der Waals surface area contributed by atoms with E-state index in [1.54, 1.807) is 25.3 Å². The Balaban J connectivity index is 1.83. The zero-order chi connectivity index (χ0) is 17.6. The number of hydrogen-bond donors (Lipinski definition) is 2. The Labute approximate surface area is 145 Å². The number of ether oxygens (including phenoxy) is 1. The van der Waals surface area contributed by atoms with E-state index < -0.39 is 0 Å². The van der Waals surface area contributed by atoms with Crippen molar-refractivity contribution >= 4 is 23.0 Å². The molecule has 0 saturated carbocycles. The number of rotatable bonds is 5. The molecule has 3 aromatic rings. The van der Waals surface area contributed by atoms with Gasteiger partial charge in [0.2, 0.25) is 0 Å². The van der Waals surface area contributed by atoms with E-state index in [1.807, 2.05) is 30.3 Å². The molecule has 0 radical (unpaired) electrons. The molecule has 2 N–H and O–H groups in total. The highest BCUT2D eigenvalue weighted by Crippen LogP contribution is 2.29. The lowest BCUT2D eigenvalue weighted by molar-refractivity contribution is 0.102. The maximum Gasteiger partial charge on any atom is 0.255 e. The van der Waals surface area contributed by atoms with Gasteiger partial charge in [-0.1, -0.05) is 18.2 Å². The van der Waals surface area contributed by atoms with E-state index in [9.17, 15) is 9.18 Å². The van der Waals surface area contributed by atoms with Gasteiger partial charge >= 0.3 is 0 Å². The summed E-state index contributed by atoms with van der Waals surface area (Å²) in [6.07, 6.45) is 0. The first-order valence-electron chi connectivity index (χ1n) is 7.73. The molecule has 126 valence electrons. The molecule has 0 spiro atoms. The van der Waals surface area contributed by atoms with Gasteiger partial charge in [-0.3, -0.25) is 4.79 Å². The van der Waals surface area contributed by atoms with E-state index in [0.717, 1.165) is 5.69 Å². The number of anilines is 3. The molecule has 0 fully saturated rings. The third-order valence-corrected chi connectivity index (χ3v) is 3.62. The largest absolute Gasteiger partial charge is 0.495 e. The third-order valence-electron chi connectivity index (χ3n) is 3.62. The summed E-state index contributed by atoms with van der Waals surface area (Å²) < 4.78 is 18.3. The summed E-state index contributed by atoms with van der Waals surface area (Å²) in [4.78, 5) is 12.4. The number of methoxy groups -OCH3 is 1. The van der Waals surface area contributed by atoms with Crippen LogP contribution in [0.1, 0.15) is 10.4 Å². The van der Waals surface area contributed by atoms with E-state index in [1.165, 1.54) is 24.3 Å². The van der Waals surface area contributed by atoms with Crippen LogP contribution < -0.4 is 15.4 Å². The SMILES string of the molecule is COc1ccc(C(=O)Nc2ccc(F)cc2)cc1Nc1ccccc1. The highest BCUT2D eigenvalue weighted by molar-refractivity contribution is 6.05. The van der Waals surface area contributed by atoms with Crippen molar-refractivity contribution in [2.45, 2.75) is 0 Å². The van der Waals surface area contributed by atoms with Crippen LogP contribution in [0, 0.1) is 5.82 Å². The van der Waals surface area contributed by atoms with E-state index in [0.29, 0.717) is 22.7 Å². The van der Waals surface area contributed by atoms with Crippen LogP contribution >= 0.6 is 0 Å². The molecule has 0 bridgehead atoms. The Morgan fingerprint density at radius 1 is 0.920 bits per heavy atom. The lowest BCUT2D eigenvalue weighted by Crippen LogP contribution is -2.12. The minimum absolute atomic E-state index is 0.287. The first-order valence-corrected chi connectivity index (χ1v) is 7.73. The normalized spacial score (nSPS) is 10.2.